The lowest BCUT2D eigenvalue weighted by atomic mass is 9.97. The van der Waals surface area contributed by atoms with Gasteiger partial charge >= 0.3 is 0 Å². The normalized spacial score (nSPS) is 14.3. The van der Waals surface area contributed by atoms with Gasteiger partial charge in [0.2, 0.25) is 0 Å². The van der Waals surface area contributed by atoms with Gasteiger partial charge in [0.05, 0.1) is 5.56 Å². The molecule has 0 aliphatic carbocycles. The molecular formula is C18H20FN3O. The number of rotatable bonds is 4. The first-order valence-electron chi connectivity index (χ1n) is 7.80. The fourth-order valence-corrected chi connectivity index (χ4v) is 2.90. The van der Waals surface area contributed by atoms with Crippen molar-refractivity contribution < 1.29 is 9.18 Å². The van der Waals surface area contributed by atoms with Crippen LogP contribution in [0, 0.1) is 5.82 Å². The molecule has 23 heavy (non-hydrogen) atoms. The zero-order valence-corrected chi connectivity index (χ0v) is 13.2. The molecule has 1 N–H and O–H groups in total. The standard InChI is InChI=1S/C18H20FN3O/c1-22-9-7-16-14(12-22)10-20-11-17(16)18(23)21-8-6-13-2-4-15(19)5-3-13/h2-5,10-11H,6-9,12H2,1H3,(H,21,23). The van der Waals surface area contributed by atoms with E-state index in [4.69, 9.17) is 0 Å². The van der Waals surface area contributed by atoms with E-state index in [-0.39, 0.29) is 11.7 Å². The van der Waals surface area contributed by atoms with Crippen molar-refractivity contribution in [2.45, 2.75) is 19.4 Å². The second-order valence-electron chi connectivity index (χ2n) is 5.94. The van der Waals surface area contributed by atoms with Crippen LogP contribution in [0.1, 0.15) is 27.0 Å². The Bertz CT molecular complexity index is 700. The number of hydrogen-bond donors (Lipinski definition) is 1. The minimum absolute atomic E-state index is 0.0824. The average molecular weight is 313 g/mol. The van der Waals surface area contributed by atoms with E-state index in [1.807, 2.05) is 6.20 Å². The van der Waals surface area contributed by atoms with Crippen molar-refractivity contribution in [2.75, 3.05) is 20.1 Å². The Morgan fingerprint density at radius 3 is 2.87 bits per heavy atom. The fraction of sp³-hybridized carbons (Fsp3) is 0.333. The third kappa shape index (κ3) is 3.74. The van der Waals surface area contributed by atoms with Crippen LogP contribution >= 0.6 is 0 Å². The highest BCUT2D eigenvalue weighted by Crippen LogP contribution is 2.20. The van der Waals surface area contributed by atoms with Gasteiger partial charge in [0.1, 0.15) is 5.82 Å². The first kappa shape index (κ1) is 15.6. The van der Waals surface area contributed by atoms with Crippen LogP contribution in [0.4, 0.5) is 4.39 Å². The van der Waals surface area contributed by atoms with E-state index < -0.39 is 0 Å². The molecule has 4 nitrogen and oxygen atoms in total. The van der Waals surface area contributed by atoms with Crippen LogP contribution in [0.25, 0.3) is 0 Å². The number of hydrogen-bond acceptors (Lipinski definition) is 3. The lowest BCUT2D eigenvalue weighted by Crippen LogP contribution is -2.31. The zero-order valence-electron chi connectivity index (χ0n) is 13.2. The monoisotopic (exact) mass is 313 g/mol. The molecule has 0 saturated carbocycles. The average Bonchev–Trinajstić information content (AvgIpc) is 2.55. The van der Waals surface area contributed by atoms with Crippen molar-refractivity contribution >= 4 is 5.91 Å². The number of halogens is 1. The van der Waals surface area contributed by atoms with Crippen molar-refractivity contribution in [1.82, 2.24) is 15.2 Å². The van der Waals surface area contributed by atoms with Crippen LogP contribution in [0.2, 0.25) is 0 Å². The van der Waals surface area contributed by atoms with Gasteiger partial charge in [0.15, 0.2) is 0 Å². The van der Waals surface area contributed by atoms with Crippen molar-refractivity contribution in [1.29, 1.82) is 0 Å². The molecule has 1 amide bonds. The summed E-state index contributed by atoms with van der Waals surface area (Å²) in [5, 5.41) is 2.94. The summed E-state index contributed by atoms with van der Waals surface area (Å²) in [6, 6.07) is 6.35. The number of carbonyl (C=O) groups excluding carboxylic acids is 1. The third-order valence-electron chi connectivity index (χ3n) is 4.19. The van der Waals surface area contributed by atoms with Gasteiger partial charge in [-0.1, -0.05) is 12.1 Å². The van der Waals surface area contributed by atoms with Crippen molar-refractivity contribution in [3.8, 4) is 0 Å². The SMILES string of the molecule is CN1CCc2c(cncc2C(=O)NCCc2ccc(F)cc2)C1. The van der Waals surface area contributed by atoms with E-state index >= 15 is 0 Å². The van der Waals surface area contributed by atoms with Gasteiger partial charge in [-0.3, -0.25) is 9.78 Å². The van der Waals surface area contributed by atoms with Gasteiger partial charge in [0, 0.05) is 32.0 Å². The maximum atomic E-state index is 12.9. The summed E-state index contributed by atoms with van der Waals surface area (Å²) in [4.78, 5) is 18.8. The Hall–Kier alpha value is -2.27. The second kappa shape index (κ2) is 6.87. The summed E-state index contributed by atoms with van der Waals surface area (Å²) in [6.45, 7) is 2.31. The fourth-order valence-electron chi connectivity index (χ4n) is 2.90. The topological polar surface area (TPSA) is 45.2 Å². The van der Waals surface area contributed by atoms with Gasteiger partial charge in [0.25, 0.3) is 5.91 Å². The Balaban J connectivity index is 1.62. The van der Waals surface area contributed by atoms with Crippen LogP contribution in [0.5, 0.6) is 0 Å². The van der Waals surface area contributed by atoms with E-state index in [0.29, 0.717) is 18.5 Å². The van der Waals surface area contributed by atoms with Gasteiger partial charge in [-0.25, -0.2) is 4.39 Å². The van der Waals surface area contributed by atoms with Gasteiger partial charge in [-0.15, -0.1) is 0 Å². The van der Waals surface area contributed by atoms with Crippen LogP contribution in [0.15, 0.2) is 36.7 Å². The lowest BCUT2D eigenvalue weighted by Gasteiger charge is -2.26. The molecule has 120 valence electrons. The molecule has 0 spiro atoms. The maximum Gasteiger partial charge on any atom is 0.253 e. The number of benzene rings is 1. The van der Waals surface area contributed by atoms with E-state index in [2.05, 4.69) is 22.2 Å². The van der Waals surface area contributed by atoms with E-state index in [1.54, 1.807) is 18.3 Å². The largest absolute Gasteiger partial charge is 0.352 e. The second-order valence-corrected chi connectivity index (χ2v) is 5.94. The number of carbonyl (C=O) groups is 1. The summed E-state index contributed by atoms with van der Waals surface area (Å²) in [5.74, 6) is -0.328. The van der Waals surface area contributed by atoms with Crippen LogP contribution in [-0.4, -0.2) is 35.9 Å². The molecule has 0 saturated heterocycles. The van der Waals surface area contributed by atoms with Crippen LogP contribution in [-0.2, 0) is 19.4 Å². The maximum absolute atomic E-state index is 12.9. The van der Waals surface area contributed by atoms with Crippen molar-refractivity contribution in [3.63, 3.8) is 0 Å². The quantitative estimate of drug-likeness (QED) is 0.941. The van der Waals surface area contributed by atoms with Gasteiger partial charge < -0.3 is 10.2 Å². The number of nitrogens with zero attached hydrogens (tertiary/aromatic N) is 2. The van der Waals surface area contributed by atoms with Crippen LogP contribution < -0.4 is 5.32 Å². The minimum atomic E-state index is -0.246. The highest BCUT2D eigenvalue weighted by Gasteiger charge is 2.20. The third-order valence-corrected chi connectivity index (χ3v) is 4.19. The van der Waals surface area contributed by atoms with Crippen molar-refractivity contribution in [2.24, 2.45) is 0 Å². The number of nitrogens with one attached hydrogen (secondary N) is 1. The Morgan fingerprint density at radius 2 is 2.09 bits per heavy atom. The number of pyridine rings is 1. The Labute approximate surface area is 135 Å². The molecule has 1 aliphatic heterocycles. The first-order valence-corrected chi connectivity index (χ1v) is 7.80. The molecule has 2 aromatic rings. The molecule has 0 fully saturated rings. The van der Waals surface area contributed by atoms with Crippen LogP contribution in [0.3, 0.4) is 0 Å². The first-order chi connectivity index (χ1) is 11.1. The lowest BCUT2D eigenvalue weighted by molar-refractivity contribution is 0.0952. The predicted molar refractivity (Wildman–Crippen MR) is 86.7 cm³/mol. The minimum Gasteiger partial charge on any atom is -0.352 e. The summed E-state index contributed by atoms with van der Waals surface area (Å²) in [5.41, 5.74) is 3.92. The molecule has 2 heterocycles. The van der Waals surface area contributed by atoms with E-state index in [1.165, 1.54) is 12.1 Å². The number of amides is 1. The highest BCUT2D eigenvalue weighted by molar-refractivity contribution is 5.95. The summed E-state index contributed by atoms with van der Waals surface area (Å²) in [7, 11) is 2.07. The number of fused-ring (bicyclic) bond motifs is 1. The highest BCUT2D eigenvalue weighted by atomic mass is 19.1. The molecule has 0 bridgehead atoms. The molecule has 1 aliphatic rings. The number of aromatic nitrogens is 1. The molecule has 1 aromatic carbocycles. The zero-order chi connectivity index (χ0) is 16.2. The molecule has 0 radical (unpaired) electrons. The van der Waals surface area contributed by atoms with Crippen molar-refractivity contribution in [3.05, 3.63) is 64.7 Å². The predicted octanol–water partition coefficient (Wildman–Crippen LogP) is 2.18. The molecule has 0 unspecified atom stereocenters. The smallest absolute Gasteiger partial charge is 0.253 e. The molecular weight excluding hydrogens is 293 g/mol. The van der Waals surface area contributed by atoms with E-state index in [9.17, 15) is 9.18 Å². The summed E-state index contributed by atoms with van der Waals surface area (Å²) < 4.78 is 12.9. The Kier molecular flexibility index (Phi) is 4.67. The molecule has 5 heteroatoms. The molecule has 0 atom stereocenters. The molecule has 1 aromatic heterocycles. The van der Waals surface area contributed by atoms with Gasteiger partial charge in [-0.2, -0.15) is 0 Å². The summed E-state index contributed by atoms with van der Waals surface area (Å²) >= 11 is 0. The summed E-state index contributed by atoms with van der Waals surface area (Å²) in [6.07, 6.45) is 5.05. The van der Waals surface area contributed by atoms with E-state index in [0.717, 1.165) is 36.2 Å². The Morgan fingerprint density at radius 1 is 1.30 bits per heavy atom. The molecule has 3 rings (SSSR count). The van der Waals surface area contributed by atoms with Gasteiger partial charge in [-0.05, 0) is 48.7 Å². The number of likely N-dealkylation sites (N-methyl/N-ethyl adjacent to an activating group) is 1.